The topological polar surface area (TPSA) is 35.0 Å². The molecule has 3 nitrogen and oxygen atoms in total. The average Bonchev–Trinajstić information content (AvgIpc) is 3.69. The largest absolute Gasteiger partial charge is 0.494 e. The molecule has 0 N–H and O–H groups in total. The molecule has 0 amide bonds. The van der Waals surface area contributed by atoms with Crippen LogP contribution in [0.1, 0.15) is 115 Å². The van der Waals surface area contributed by atoms with Gasteiger partial charge in [-0.25, -0.2) is 9.97 Å². The summed E-state index contributed by atoms with van der Waals surface area (Å²) < 4.78 is 6.18. The minimum atomic E-state index is 0.636. The highest BCUT2D eigenvalue weighted by molar-refractivity contribution is 5.66. The van der Waals surface area contributed by atoms with Crippen molar-refractivity contribution in [2.75, 3.05) is 6.61 Å². The number of rotatable bonds is 14. The van der Waals surface area contributed by atoms with E-state index >= 15 is 0 Å². The van der Waals surface area contributed by atoms with Gasteiger partial charge in [0.25, 0.3) is 0 Å². The fraction of sp³-hybridized carbons (Fsp3) is 0.667. The van der Waals surface area contributed by atoms with E-state index in [1.165, 1.54) is 101 Å². The van der Waals surface area contributed by atoms with Gasteiger partial charge in [0.15, 0.2) is 0 Å². The zero-order valence-corrected chi connectivity index (χ0v) is 20.8. The lowest BCUT2D eigenvalue weighted by atomic mass is 9.76. The highest BCUT2D eigenvalue weighted by atomic mass is 16.5. The van der Waals surface area contributed by atoms with Gasteiger partial charge >= 0.3 is 0 Å². The summed E-state index contributed by atoms with van der Waals surface area (Å²) in [6.45, 7) is 3.13. The molecule has 1 aromatic carbocycles. The molecule has 2 saturated carbocycles. The fourth-order valence-electron chi connectivity index (χ4n) is 5.66. The van der Waals surface area contributed by atoms with Crippen LogP contribution in [0.4, 0.5) is 0 Å². The number of hydrogen-bond acceptors (Lipinski definition) is 3. The molecular formula is C30H44N2O. The first-order valence-corrected chi connectivity index (χ1v) is 13.9. The van der Waals surface area contributed by atoms with Crippen LogP contribution in [0.3, 0.4) is 0 Å². The third-order valence-electron chi connectivity index (χ3n) is 7.84. The summed E-state index contributed by atoms with van der Waals surface area (Å²) >= 11 is 0. The molecule has 0 bridgehead atoms. The van der Waals surface area contributed by atoms with Crippen LogP contribution in [0, 0.1) is 11.8 Å². The first kappa shape index (κ1) is 24.2. The number of nitrogens with zero attached hydrogens (tertiary/aromatic N) is 2. The maximum atomic E-state index is 6.18. The number of hydrogen-bond donors (Lipinski definition) is 0. The van der Waals surface area contributed by atoms with E-state index in [2.05, 4.69) is 35.1 Å². The first-order chi connectivity index (χ1) is 16.3. The molecule has 1 aromatic heterocycles. The van der Waals surface area contributed by atoms with E-state index in [0.29, 0.717) is 5.92 Å². The SMILES string of the molecule is CCCC1CCC(c2ccc(OCCCCCCCCC3CC3)cc2-c2ccncn2)CC1. The zero-order chi connectivity index (χ0) is 22.7. The Morgan fingerprint density at radius 3 is 2.27 bits per heavy atom. The van der Waals surface area contributed by atoms with Crippen LogP contribution in [0.25, 0.3) is 11.3 Å². The average molecular weight is 449 g/mol. The van der Waals surface area contributed by atoms with Gasteiger partial charge in [-0.05, 0) is 73.6 Å². The van der Waals surface area contributed by atoms with Gasteiger partial charge in [-0.3, -0.25) is 0 Å². The molecule has 4 rings (SSSR count). The molecule has 0 spiro atoms. The van der Waals surface area contributed by atoms with E-state index in [1.54, 1.807) is 6.33 Å². The normalized spacial score (nSPS) is 20.6. The van der Waals surface area contributed by atoms with Gasteiger partial charge in [-0.15, -0.1) is 0 Å². The monoisotopic (exact) mass is 448 g/mol. The summed E-state index contributed by atoms with van der Waals surface area (Å²) in [6, 6.07) is 8.77. The Bertz CT molecular complexity index is 809. The van der Waals surface area contributed by atoms with Crippen LogP contribution in [-0.4, -0.2) is 16.6 Å². The van der Waals surface area contributed by atoms with E-state index in [4.69, 9.17) is 4.74 Å². The molecule has 0 aliphatic heterocycles. The smallest absolute Gasteiger partial charge is 0.119 e. The molecule has 2 aromatic rings. The van der Waals surface area contributed by atoms with Crippen molar-refractivity contribution in [2.45, 2.75) is 109 Å². The van der Waals surface area contributed by atoms with Crippen molar-refractivity contribution in [3.05, 3.63) is 42.4 Å². The van der Waals surface area contributed by atoms with Crippen molar-refractivity contribution in [1.82, 2.24) is 9.97 Å². The van der Waals surface area contributed by atoms with Crippen LogP contribution in [0.2, 0.25) is 0 Å². The summed E-state index contributed by atoms with van der Waals surface area (Å²) in [7, 11) is 0. The van der Waals surface area contributed by atoms with Gasteiger partial charge < -0.3 is 4.74 Å². The minimum Gasteiger partial charge on any atom is -0.494 e. The Kier molecular flexibility index (Phi) is 9.62. The van der Waals surface area contributed by atoms with Crippen molar-refractivity contribution in [1.29, 1.82) is 0 Å². The third kappa shape index (κ3) is 7.83. The highest BCUT2D eigenvalue weighted by Crippen LogP contribution is 2.42. The van der Waals surface area contributed by atoms with Gasteiger partial charge in [0.2, 0.25) is 0 Å². The van der Waals surface area contributed by atoms with Gasteiger partial charge in [-0.1, -0.05) is 77.2 Å². The summed E-state index contributed by atoms with van der Waals surface area (Å²) in [6.07, 6.45) is 24.0. The van der Waals surface area contributed by atoms with Gasteiger partial charge in [0.05, 0.1) is 12.3 Å². The van der Waals surface area contributed by atoms with Crippen molar-refractivity contribution < 1.29 is 4.74 Å². The highest BCUT2D eigenvalue weighted by Gasteiger charge is 2.24. The van der Waals surface area contributed by atoms with Crippen molar-refractivity contribution in [2.24, 2.45) is 11.8 Å². The first-order valence-electron chi connectivity index (χ1n) is 13.9. The van der Waals surface area contributed by atoms with Crippen LogP contribution >= 0.6 is 0 Å². The van der Waals surface area contributed by atoms with Gasteiger partial charge in [0.1, 0.15) is 12.1 Å². The lowest BCUT2D eigenvalue weighted by Crippen LogP contribution is -2.14. The van der Waals surface area contributed by atoms with Crippen LogP contribution < -0.4 is 4.74 Å². The Morgan fingerprint density at radius 1 is 0.818 bits per heavy atom. The molecule has 2 aliphatic carbocycles. The number of ether oxygens (including phenoxy) is 1. The predicted molar refractivity (Wildman–Crippen MR) is 138 cm³/mol. The third-order valence-corrected chi connectivity index (χ3v) is 7.84. The molecule has 1 heterocycles. The van der Waals surface area contributed by atoms with E-state index in [-0.39, 0.29) is 0 Å². The summed E-state index contributed by atoms with van der Waals surface area (Å²) in [5.74, 6) is 3.64. The zero-order valence-electron chi connectivity index (χ0n) is 20.8. The number of benzene rings is 1. The van der Waals surface area contributed by atoms with Crippen LogP contribution in [0.15, 0.2) is 36.8 Å². The maximum Gasteiger partial charge on any atom is 0.119 e. The van der Waals surface area contributed by atoms with Gasteiger partial charge in [0, 0.05) is 11.8 Å². The van der Waals surface area contributed by atoms with E-state index in [0.717, 1.165) is 36.3 Å². The molecule has 2 aliphatic rings. The quantitative estimate of drug-likeness (QED) is 0.271. The number of unbranched alkanes of at least 4 members (excludes halogenated alkanes) is 5. The van der Waals surface area contributed by atoms with E-state index in [9.17, 15) is 0 Å². The summed E-state index contributed by atoms with van der Waals surface area (Å²) in [5.41, 5.74) is 3.71. The molecule has 180 valence electrons. The second-order valence-corrected chi connectivity index (χ2v) is 10.6. The van der Waals surface area contributed by atoms with Crippen molar-refractivity contribution in [3.63, 3.8) is 0 Å². The molecular weight excluding hydrogens is 404 g/mol. The molecule has 0 saturated heterocycles. The lowest BCUT2D eigenvalue weighted by Gasteiger charge is -2.30. The Hall–Kier alpha value is -1.90. The fourth-order valence-corrected chi connectivity index (χ4v) is 5.66. The molecule has 33 heavy (non-hydrogen) atoms. The Labute approximate surface area is 201 Å². The van der Waals surface area contributed by atoms with Crippen LogP contribution in [-0.2, 0) is 0 Å². The molecule has 3 heteroatoms. The van der Waals surface area contributed by atoms with Crippen molar-refractivity contribution in [3.8, 4) is 17.0 Å². The standard InChI is InChI=1S/C30H44N2O/c1-2-9-24-13-15-26(16-14-24)28-18-17-27(22-29(28)30-19-20-31-23-32-30)33-21-8-6-4-3-5-7-10-25-11-12-25/h17-20,22-26H,2-16,21H2,1H3. The molecule has 0 unspecified atom stereocenters. The number of aromatic nitrogens is 2. The lowest BCUT2D eigenvalue weighted by molar-refractivity contribution is 0.302. The molecule has 0 atom stereocenters. The summed E-state index contributed by atoms with van der Waals surface area (Å²) in [5, 5.41) is 0. The second kappa shape index (κ2) is 13.1. The Balaban J connectivity index is 1.28. The van der Waals surface area contributed by atoms with E-state index in [1.807, 2.05) is 12.3 Å². The second-order valence-electron chi connectivity index (χ2n) is 10.6. The minimum absolute atomic E-state index is 0.636. The van der Waals surface area contributed by atoms with Crippen molar-refractivity contribution >= 4 is 0 Å². The predicted octanol–water partition coefficient (Wildman–Crippen LogP) is 8.74. The maximum absolute atomic E-state index is 6.18. The van der Waals surface area contributed by atoms with Crippen LogP contribution in [0.5, 0.6) is 5.75 Å². The molecule has 0 radical (unpaired) electrons. The Morgan fingerprint density at radius 2 is 1.55 bits per heavy atom. The van der Waals surface area contributed by atoms with E-state index < -0.39 is 0 Å². The van der Waals surface area contributed by atoms with Gasteiger partial charge in [-0.2, -0.15) is 0 Å². The summed E-state index contributed by atoms with van der Waals surface area (Å²) in [4.78, 5) is 8.71. The molecule has 2 fully saturated rings.